The Morgan fingerprint density at radius 3 is 2.00 bits per heavy atom. The van der Waals surface area contributed by atoms with Crippen molar-refractivity contribution in [1.82, 2.24) is 0 Å². The molecule has 0 bridgehead atoms. The van der Waals surface area contributed by atoms with Crippen molar-refractivity contribution < 1.29 is 0 Å². The fourth-order valence-corrected chi connectivity index (χ4v) is 9.15. The molecule has 0 heterocycles. The summed E-state index contributed by atoms with van der Waals surface area (Å²) < 4.78 is 0. The molecule has 0 nitrogen and oxygen atoms in total. The van der Waals surface area contributed by atoms with Gasteiger partial charge in [-0.1, -0.05) is 0 Å². The molecule has 1 heteroatoms. The summed E-state index contributed by atoms with van der Waals surface area (Å²) in [6, 6.07) is 11.3. The van der Waals surface area contributed by atoms with Crippen molar-refractivity contribution in [1.29, 1.82) is 0 Å². The van der Waals surface area contributed by atoms with Crippen molar-refractivity contribution >= 4 is 7.26 Å². The Labute approximate surface area is 139 Å². The molecule has 1 aromatic carbocycles. The first kappa shape index (κ1) is 19.4. The average Bonchev–Trinajstić information content (AvgIpc) is 2.56. The molecule has 0 aromatic heterocycles. The zero-order valence-corrected chi connectivity index (χ0v) is 15.9. The van der Waals surface area contributed by atoms with Gasteiger partial charge in [0.1, 0.15) is 0 Å². The summed E-state index contributed by atoms with van der Waals surface area (Å²) in [5.41, 5.74) is 1.59. The number of hydrogen-bond acceptors (Lipinski definition) is 0. The normalized spacial score (nSPS) is 12.3. The molecular formula is C21H37P. The minimum absolute atomic E-state index is 1.16. The number of unbranched alkanes of at least 4 members (excludes halogenated alkanes) is 4. The van der Waals surface area contributed by atoms with Crippen molar-refractivity contribution in [2.24, 2.45) is 0 Å². The van der Waals surface area contributed by atoms with Gasteiger partial charge < -0.3 is 0 Å². The van der Waals surface area contributed by atoms with Crippen LogP contribution in [0.4, 0.5) is 0 Å². The van der Waals surface area contributed by atoms with Gasteiger partial charge in [-0.2, -0.15) is 0 Å². The molecule has 0 fully saturated rings. The molecule has 0 aliphatic heterocycles. The van der Waals surface area contributed by atoms with E-state index in [1.807, 2.05) is 0 Å². The molecule has 1 rings (SSSR count). The SMILES string of the molecule is C=CCCCC[PH](CCCC)(CCCC)Cc1ccccc1. The average molecular weight is 321 g/mol. The summed E-state index contributed by atoms with van der Waals surface area (Å²) in [6.45, 7) is 8.57. The second kappa shape index (κ2) is 11.9. The van der Waals surface area contributed by atoms with Gasteiger partial charge >= 0.3 is 139 Å². The summed E-state index contributed by atoms with van der Waals surface area (Å²) >= 11 is 0. The summed E-state index contributed by atoms with van der Waals surface area (Å²) in [5, 5.41) is 0. The fraction of sp³-hybridized carbons (Fsp3) is 0.619. The van der Waals surface area contributed by atoms with Gasteiger partial charge in [-0.3, -0.25) is 0 Å². The summed E-state index contributed by atoms with van der Waals surface area (Å²) in [7, 11) is -1.16. The van der Waals surface area contributed by atoms with Crippen LogP contribution in [0.2, 0.25) is 0 Å². The Bertz CT molecular complexity index is 374. The van der Waals surface area contributed by atoms with Gasteiger partial charge in [0.15, 0.2) is 0 Å². The second-order valence-corrected chi connectivity index (χ2v) is 11.8. The van der Waals surface area contributed by atoms with E-state index in [2.05, 4.69) is 56.8 Å². The molecule has 22 heavy (non-hydrogen) atoms. The third-order valence-corrected chi connectivity index (χ3v) is 10.3. The van der Waals surface area contributed by atoms with Crippen LogP contribution in [0.25, 0.3) is 0 Å². The second-order valence-electron chi connectivity index (χ2n) is 6.90. The maximum absolute atomic E-state index is 3.87. The summed E-state index contributed by atoms with van der Waals surface area (Å²) in [4.78, 5) is 0. The van der Waals surface area contributed by atoms with Crippen molar-refractivity contribution in [3.05, 3.63) is 48.6 Å². The van der Waals surface area contributed by atoms with E-state index < -0.39 is 7.26 Å². The molecule has 126 valence electrons. The van der Waals surface area contributed by atoms with Crippen LogP contribution >= 0.6 is 7.26 Å². The van der Waals surface area contributed by atoms with Crippen LogP contribution < -0.4 is 0 Å². The minimum atomic E-state index is -1.16. The Morgan fingerprint density at radius 2 is 1.45 bits per heavy atom. The van der Waals surface area contributed by atoms with E-state index in [4.69, 9.17) is 0 Å². The molecule has 0 saturated heterocycles. The first-order chi connectivity index (χ1) is 10.8. The molecular weight excluding hydrogens is 283 g/mol. The summed E-state index contributed by atoms with van der Waals surface area (Å²) in [6.07, 6.45) is 17.6. The third kappa shape index (κ3) is 7.59. The number of allylic oxidation sites excluding steroid dienone is 1. The van der Waals surface area contributed by atoms with E-state index in [1.165, 1.54) is 69.6 Å². The number of benzene rings is 1. The van der Waals surface area contributed by atoms with E-state index in [-0.39, 0.29) is 0 Å². The molecule has 0 spiro atoms. The van der Waals surface area contributed by atoms with Crippen LogP contribution in [0.15, 0.2) is 43.0 Å². The molecule has 0 unspecified atom stereocenters. The van der Waals surface area contributed by atoms with Crippen molar-refractivity contribution in [3.63, 3.8) is 0 Å². The van der Waals surface area contributed by atoms with Gasteiger partial charge in [-0.15, -0.1) is 0 Å². The molecule has 0 radical (unpaired) electrons. The van der Waals surface area contributed by atoms with Crippen molar-refractivity contribution in [3.8, 4) is 0 Å². The molecule has 0 amide bonds. The van der Waals surface area contributed by atoms with Gasteiger partial charge in [-0.05, 0) is 0 Å². The van der Waals surface area contributed by atoms with Crippen LogP contribution in [-0.4, -0.2) is 18.5 Å². The van der Waals surface area contributed by atoms with Crippen LogP contribution in [0.1, 0.15) is 64.4 Å². The van der Waals surface area contributed by atoms with Crippen molar-refractivity contribution in [2.75, 3.05) is 18.5 Å². The molecule has 0 aliphatic carbocycles. The van der Waals surface area contributed by atoms with Gasteiger partial charge in [0.2, 0.25) is 0 Å². The molecule has 0 saturated carbocycles. The Morgan fingerprint density at radius 1 is 0.864 bits per heavy atom. The molecule has 0 N–H and O–H groups in total. The molecule has 0 atom stereocenters. The number of hydrogen-bond donors (Lipinski definition) is 0. The van der Waals surface area contributed by atoms with Crippen molar-refractivity contribution in [2.45, 2.75) is 65.0 Å². The van der Waals surface area contributed by atoms with Gasteiger partial charge in [0, 0.05) is 0 Å². The van der Waals surface area contributed by atoms with Gasteiger partial charge in [-0.25, -0.2) is 0 Å². The first-order valence-corrected chi connectivity index (χ1v) is 12.2. The Kier molecular flexibility index (Phi) is 10.5. The quantitative estimate of drug-likeness (QED) is 0.211. The van der Waals surface area contributed by atoms with Gasteiger partial charge in [0.05, 0.1) is 0 Å². The molecule has 0 aliphatic rings. The topological polar surface area (TPSA) is 0 Å². The first-order valence-electron chi connectivity index (χ1n) is 9.41. The predicted molar refractivity (Wildman–Crippen MR) is 107 cm³/mol. The predicted octanol–water partition coefficient (Wildman–Crippen LogP) is 6.89. The van der Waals surface area contributed by atoms with Crippen LogP contribution in [0, 0.1) is 0 Å². The Balaban J connectivity index is 2.78. The van der Waals surface area contributed by atoms with Gasteiger partial charge in [0.25, 0.3) is 0 Å². The summed E-state index contributed by atoms with van der Waals surface area (Å²) in [5.74, 6) is 0. The van der Waals surface area contributed by atoms with E-state index in [9.17, 15) is 0 Å². The van der Waals surface area contributed by atoms with Crippen LogP contribution in [-0.2, 0) is 6.16 Å². The fourth-order valence-electron chi connectivity index (χ4n) is 3.56. The third-order valence-electron chi connectivity index (χ3n) is 4.91. The standard InChI is InChI=1S/C21H37P/c1-4-7-10-14-19-22(17-8-5-2,18-9-6-3)20-21-15-12-11-13-16-21/h4,11-13,15-16,22H,1,5-10,14,17-20H2,2-3H3. The van der Waals surface area contributed by atoms with E-state index in [0.717, 1.165) is 0 Å². The van der Waals surface area contributed by atoms with Crippen LogP contribution in [0.5, 0.6) is 0 Å². The zero-order chi connectivity index (χ0) is 16.1. The number of rotatable bonds is 13. The zero-order valence-electron chi connectivity index (χ0n) is 14.9. The Hall–Kier alpha value is -0.610. The van der Waals surface area contributed by atoms with Crippen LogP contribution in [0.3, 0.4) is 0 Å². The van der Waals surface area contributed by atoms with E-state index >= 15 is 0 Å². The van der Waals surface area contributed by atoms with E-state index in [0.29, 0.717) is 0 Å². The van der Waals surface area contributed by atoms with E-state index in [1.54, 1.807) is 5.56 Å². The monoisotopic (exact) mass is 320 g/mol. The molecule has 1 aromatic rings. The maximum atomic E-state index is 3.87.